The Labute approximate surface area is 244 Å². The Morgan fingerprint density at radius 2 is 1.80 bits per heavy atom. The highest BCUT2D eigenvalue weighted by molar-refractivity contribution is 7.92. The number of sulfonamides is 1. The average Bonchev–Trinajstić information content (AvgIpc) is 2.95. The van der Waals surface area contributed by atoms with E-state index in [0.717, 1.165) is 5.56 Å². The van der Waals surface area contributed by atoms with Crippen LogP contribution < -0.4 is 14.8 Å². The number of carbonyl (C=O) groups excluding carboxylic acids is 2. The standard InChI is InChI=1S/C30H32ClN3O6S/c1-19(20-6-4-3-5-7-20)32-29(35)17-23-11-14-26-28(40-23)18-39-27-15-10-22(16-25(27)30(36)34(26)2)33-41(37,38)24-12-8-21(31)9-13-24/h3-10,12-13,15-16,19,23,26,28,33H,11,14,17-18H2,1-2H3,(H,32,35)/t19-,23+,26-,28+/m1/s1. The zero-order chi connectivity index (χ0) is 29.1. The topological polar surface area (TPSA) is 114 Å². The zero-order valence-corrected chi connectivity index (χ0v) is 24.3. The lowest BCUT2D eigenvalue weighted by Gasteiger charge is -2.42. The van der Waals surface area contributed by atoms with E-state index in [0.29, 0.717) is 23.6 Å². The first kappa shape index (κ1) is 28.9. The predicted molar refractivity (Wildman–Crippen MR) is 156 cm³/mol. The molecule has 9 nitrogen and oxygen atoms in total. The number of benzene rings is 3. The molecule has 0 aromatic heterocycles. The fourth-order valence-corrected chi connectivity index (χ4v) is 6.43. The summed E-state index contributed by atoms with van der Waals surface area (Å²) in [5.41, 5.74) is 1.51. The number of nitrogens with one attached hydrogen (secondary N) is 2. The molecule has 0 unspecified atom stereocenters. The number of hydrogen-bond acceptors (Lipinski definition) is 6. The summed E-state index contributed by atoms with van der Waals surface area (Å²) >= 11 is 5.88. The molecular formula is C30H32ClN3O6S. The first-order valence-electron chi connectivity index (χ1n) is 13.4. The van der Waals surface area contributed by atoms with Crippen LogP contribution >= 0.6 is 11.6 Å². The van der Waals surface area contributed by atoms with Crippen LogP contribution in [0.1, 0.15) is 48.1 Å². The van der Waals surface area contributed by atoms with Crippen molar-refractivity contribution >= 4 is 39.1 Å². The third kappa shape index (κ3) is 6.66. The van der Waals surface area contributed by atoms with Crippen LogP contribution in [-0.2, 0) is 19.6 Å². The van der Waals surface area contributed by atoms with Gasteiger partial charge in [-0.1, -0.05) is 41.9 Å². The lowest BCUT2D eigenvalue weighted by molar-refractivity contribution is -0.134. The summed E-state index contributed by atoms with van der Waals surface area (Å²) in [6, 6.07) is 19.8. The molecule has 1 saturated heterocycles. The molecule has 41 heavy (non-hydrogen) atoms. The highest BCUT2D eigenvalue weighted by Crippen LogP contribution is 2.33. The summed E-state index contributed by atoms with van der Waals surface area (Å²) in [5.74, 6) is -0.0754. The Balaban J connectivity index is 1.25. The zero-order valence-electron chi connectivity index (χ0n) is 22.7. The molecule has 2 N–H and O–H groups in total. The largest absolute Gasteiger partial charge is 0.490 e. The second-order valence-electron chi connectivity index (χ2n) is 10.3. The minimum Gasteiger partial charge on any atom is -0.490 e. The maximum Gasteiger partial charge on any atom is 0.261 e. The number of rotatable bonds is 7. The van der Waals surface area contributed by atoms with Gasteiger partial charge in [0.2, 0.25) is 5.91 Å². The van der Waals surface area contributed by atoms with Crippen molar-refractivity contribution in [3.63, 3.8) is 0 Å². The predicted octanol–water partition coefficient (Wildman–Crippen LogP) is 4.79. The van der Waals surface area contributed by atoms with Crippen molar-refractivity contribution in [3.8, 4) is 5.75 Å². The number of anilines is 1. The minimum atomic E-state index is -3.89. The van der Waals surface area contributed by atoms with Gasteiger partial charge in [-0.15, -0.1) is 0 Å². The van der Waals surface area contributed by atoms with Crippen LogP contribution in [0, 0.1) is 0 Å². The molecule has 2 heterocycles. The van der Waals surface area contributed by atoms with Crippen LogP contribution in [-0.4, -0.2) is 57.0 Å². The van der Waals surface area contributed by atoms with Gasteiger partial charge in [0.25, 0.3) is 15.9 Å². The van der Waals surface area contributed by atoms with Crippen molar-refractivity contribution in [2.24, 2.45) is 0 Å². The molecule has 2 aliphatic heterocycles. The van der Waals surface area contributed by atoms with E-state index in [-0.39, 0.29) is 59.2 Å². The number of ether oxygens (including phenoxy) is 2. The SMILES string of the molecule is C[C@@H](NC(=O)C[C@@H]1CC[C@@H]2[C@H](COc3ccc(NS(=O)(=O)c4ccc(Cl)cc4)cc3C(=O)N2C)O1)c1ccccc1. The van der Waals surface area contributed by atoms with Crippen molar-refractivity contribution in [3.05, 3.63) is 88.9 Å². The van der Waals surface area contributed by atoms with Crippen LogP contribution in [0.5, 0.6) is 5.75 Å². The lowest BCUT2D eigenvalue weighted by Crippen LogP contribution is -2.54. The first-order chi connectivity index (χ1) is 19.6. The molecule has 2 amide bonds. The lowest BCUT2D eigenvalue weighted by atomic mass is 9.94. The van der Waals surface area contributed by atoms with E-state index in [9.17, 15) is 18.0 Å². The molecule has 2 aliphatic rings. The number of nitrogens with zero attached hydrogens (tertiary/aromatic N) is 1. The Bertz CT molecular complexity index is 1520. The van der Waals surface area contributed by atoms with Crippen LogP contribution in [0.15, 0.2) is 77.7 Å². The van der Waals surface area contributed by atoms with Crippen LogP contribution in [0.25, 0.3) is 0 Å². The van der Waals surface area contributed by atoms with Crippen molar-refractivity contribution in [1.29, 1.82) is 0 Å². The first-order valence-corrected chi connectivity index (χ1v) is 15.3. The fourth-order valence-electron chi connectivity index (χ4n) is 5.25. The molecule has 1 fully saturated rings. The van der Waals surface area contributed by atoms with E-state index < -0.39 is 16.1 Å². The number of likely N-dealkylation sites (N-methyl/N-ethyl adjacent to an activating group) is 1. The van der Waals surface area contributed by atoms with Gasteiger partial charge in [0.05, 0.1) is 35.1 Å². The monoisotopic (exact) mass is 597 g/mol. The average molecular weight is 598 g/mol. The van der Waals surface area contributed by atoms with E-state index in [1.165, 1.54) is 30.3 Å². The summed E-state index contributed by atoms with van der Waals surface area (Å²) in [4.78, 5) is 27.9. The molecule has 5 rings (SSSR count). The van der Waals surface area contributed by atoms with Gasteiger partial charge in [-0.25, -0.2) is 8.42 Å². The molecule has 0 radical (unpaired) electrons. The van der Waals surface area contributed by atoms with E-state index in [1.54, 1.807) is 24.1 Å². The Morgan fingerprint density at radius 3 is 2.54 bits per heavy atom. The van der Waals surface area contributed by atoms with E-state index >= 15 is 0 Å². The normalized spacial score (nSPS) is 21.4. The number of hydrogen-bond donors (Lipinski definition) is 2. The van der Waals surface area contributed by atoms with E-state index in [2.05, 4.69) is 10.0 Å². The highest BCUT2D eigenvalue weighted by atomic mass is 35.5. The van der Waals surface area contributed by atoms with Crippen molar-refractivity contribution in [1.82, 2.24) is 10.2 Å². The maximum atomic E-state index is 13.5. The number of fused-ring (bicyclic) bond motifs is 2. The Morgan fingerprint density at radius 1 is 1.07 bits per heavy atom. The molecule has 0 bridgehead atoms. The highest BCUT2D eigenvalue weighted by Gasteiger charge is 2.39. The van der Waals surface area contributed by atoms with Gasteiger partial charge in [0.1, 0.15) is 18.5 Å². The summed E-state index contributed by atoms with van der Waals surface area (Å²) in [6.07, 6.45) is 0.750. The molecule has 3 aromatic rings. The fraction of sp³-hybridized carbons (Fsp3) is 0.333. The van der Waals surface area contributed by atoms with Gasteiger partial charge in [-0.3, -0.25) is 14.3 Å². The number of carbonyl (C=O) groups is 2. The van der Waals surface area contributed by atoms with Crippen LogP contribution in [0.2, 0.25) is 5.02 Å². The van der Waals surface area contributed by atoms with Gasteiger partial charge in [0, 0.05) is 17.8 Å². The summed E-state index contributed by atoms with van der Waals surface area (Å²) in [6.45, 7) is 2.13. The van der Waals surface area contributed by atoms with Crippen molar-refractivity contribution in [2.45, 2.75) is 55.4 Å². The smallest absolute Gasteiger partial charge is 0.261 e. The van der Waals surface area contributed by atoms with Gasteiger partial charge in [0.15, 0.2) is 0 Å². The molecule has 216 valence electrons. The third-order valence-electron chi connectivity index (χ3n) is 7.48. The van der Waals surface area contributed by atoms with Gasteiger partial charge >= 0.3 is 0 Å². The van der Waals surface area contributed by atoms with Crippen molar-refractivity contribution < 1.29 is 27.5 Å². The minimum absolute atomic E-state index is 0.0493. The van der Waals surface area contributed by atoms with Crippen LogP contribution in [0.4, 0.5) is 5.69 Å². The second-order valence-corrected chi connectivity index (χ2v) is 12.5. The Hall–Kier alpha value is -3.60. The molecule has 3 aromatic carbocycles. The Kier molecular flexibility index (Phi) is 8.53. The van der Waals surface area contributed by atoms with Gasteiger partial charge < -0.3 is 19.7 Å². The van der Waals surface area contributed by atoms with E-state index in [4.69, 9.17) is 21.1 Å². The molecule has 4 atom stereocenters. The second kappa shape index (κ2) is 12.1. The quantitative estimate of drug-likeness (QED) is 0.405. The molecule has 0 saturated carbocycles. The molecule has 11 heteroatoms. The van der Waals surface area contributed by atoms with Gasteiger partial charge in [-0.05, 0) is 67.8 Å². The van der Waals surface area contributed by atoms with E-state index in [1.807, 2.05) is 37.3 Å². The summed E-state index contributed by atoms with van der Waals surface area (Å²) in [7, 11) is -2.18. The molecule has 0 spiro atoms. The van der Waals surface area contributed by atoms with Crippen LogP contribution in [0.3, 0.4) is 0 Å². The number of halogens is 1. The van der Waals surface area contributed by atoms with Gasteiger partial charge in [-0.2, -0.15) is 0 Å². The molecule has 0 aliphatic carbocycles. The summed E-state index contributed by atoms with van der Waals surface area (Å²) in [5, 5.41) is 3.46. The van der Waals surface area contributed by atoms with Crippen molar-refractivity contribution in [2.75, 3.05) is 18.4 Å². The summed E-state index contributed by atoms with van der Waals surface area (Å²) < 4.78 is 40.5. The molecular weight excluding hydrogens is 566 g/mol. The number of amides is 2. The maximum absolute atomic E-state index is 13.5. The third-order valence-corrected chi connectivity index (χ3v) is 9.13.